The SMILES string of the molecule is CCC(=O)N(CC)C1CCCN(C(=O)OC(C)(C)C)C1. The van der Waals surface area contributed by atoms with E-state index < -0.39 is 5.60 Å². The number of rotatable bonds is 3. The van der Waals surface area contributed by atoms with Crippen LogP contribution in [0.1, 0.15) is 53.9 Å². The van der Waals surface area contributed by atoms with Crippen molar-refractivity contribution in [2.75, 3.05) is 19.6 Å². The van der Waals surface area contributed by atoms with E-state index in [1.807, 2.05) is 39.5 Å². The van der Waals surface area contributed by atoms with Gasteiger partial charge < -0.3 is 14.5 Å². The molecule has 1 fully saturated rings. The zero-order valence-electron chi connectivity index (χ0n) is 13.4. The summed E-state index contributed by atoms with van der Waals surface area (Å²) in [5, 5.41) is 0. The minimum atomic E-state index is -0.478. The molecule has 0 bridgehead atoms. The van der Waals surface area contributed by atoms with Crippen LogP contribution in [-0.2, 0) is 9.53 Å². The highest BCUT2D eigenvalue weighted by atomic mass is 16.6. The van der Waals surface area contributed by atoms with Crippen molar-refractivity contribution in [3.05, 3.63) is 0 Å². The molecule has 0 spiro atoms. The van der Waals surface area contributed by atoms with Crippen LogP contribution in [0.2, 0.25) is 0 Å². The van der Waals surface area contributed by atoms with Crippen molar-refractivity contribution >= 4 is 12.0 Å². The summed E-state index contributed by atoms with van der Waals surface area (Å²) in [7, 11) is 0. The third kappa shape index (κ3) is 4.69. The zero-order chi connectivity index (χ0) is 15.3. The largest absolute Gasteiger partial charge is 0.444 e. The van der Waals surface area contributed by atoms with Gasteiger partial charge in [0.1, 0.15) is 5.60 Å². The highest BCUT2D eigenvalue weighted by Gasteiger charge is 2.31. The van der Waals surface area contributed by atoms with Crippen LogP contribution >= 0.6 is 0 Å². The number of hydrogen-bond acceptors (Lipinski definition) is 3. The van der Waals surface area contributed by atoms with E-state index in [4.69, 9.17) is 4.74 Å². The number of ether oxygens (including phenoxy) is 1. The standard InChI is InChI=1S/C15H28N2O3/c1-6-13(18)17(7-2)12-9-8-10-16(11-12)14(19)20-15(3,4)5/h12H,6-11H2,1-5H3. The first-order valence-corrected chi connectivity index (χ1v) is 7.55. The van der Waals surface area contributed by atoms with Gasteiger partial charge in [-0.3, -0.25) is 4.79 Å². The molecule has 1 heterocycles. The van der Waals surface area contributed by atoms with Crippen LogP contribution in [-0.4, -0.2) is 53.1 Å². The highest BCUT2D eigenvalue weighted by Crippen LogP contribution is 2.19. The van der Waals surface area contributed by atoms with Crippen LogP contribution in [0.3, 0.4) is 0 Å². The average molecular weight is 284 g/mol. The van der Waals surface area contributed by atoms with Gasteiger partial charge >= 0.3 is 6.09 Å². The lowest BCUT2D eigenvalue weighted by molar-refractivity contribution is -0.134. The van der Waals surface area contributed by atoms with Crippen molar-refractivity contribution < 1.29 is 14.3 Å². The number of likely N-dealkylation sites (N-methyl/N-ethyl adjacent to an activating group) is 1. The minimum Gasteiger partial charge on any atom is -0.444 e. The minimum absolute atomic E-state index is 0.119. The highest BCUT2D eigenvalue weighted by molar-refractivity contribution is 5.76. The first kappa shape index (κ1) is 16.8. The molecule has 5 heteroatoms. The third-order valence-corrected chi connectivity index (χ3v) is 3.45. The number of hydrogen-bond donors (Lipinski definition) is 0. The van der Waals surface area contributed by atoms with Crippen molar-refractivity contribution in [2.45, 2.75) is 65.5 Å². The Morgan fingerprint density at radius 3 is 2.45 bits per heavy atom. The Kier molecular flexibility index (Phi) is 5.84. The van der Waals surface area contributed by atoms with Gasteiger partial charge in [0.05, 0.1) is 0 Å². The molecule has 0 aliphatic carbocycles. The first-order chi connectivity index (χ1) is 9.28. The molecule has 5 nitrogen and oxygen atoms in total. The van der Waals surface area contributed by atoms with Crippen molar-refractivity contribution in [2.24, 2.45) is 0 Å². The van der Waals surface area contributed by atoms with E-state index in [1.54, 1.807) is 4.90 Å². The van der Waals surface area contributed by atoms with Crippen LogP contribution in [0.25, 0.3) is 0 Å². The quantitative estimate of drug-likeness (QED) is 0.800. The van der Waals surface area contributed by atoms with Gasteiger partial charge in [0.2, 0.25) is 5.91 Å². The normalized spacial score (nSPS) is 19.6. The molecule has 1 unspecified atom stereocenters. The van der Waals surface area contributed by atoms with Gasteiger partial charge in [-0.15, -0.1) is 0 Å². The third-order valence-electron chi connectivity index (χ3n) is 3.45. The fourth-order valence-electron chi connectivity index (χ4n) is 2.54. The van der Waals surface area contributed by atoms with Gasteiger partial charge in [-0.25, -0.2) is 4.79 Å². The van der Waals surface area contributed by atoms with Crippen LogP contribution in [0, 0.1) is 0 Å². The first-order valence-electron chi connectivity index (χ1n) is 7.55. The summed E-state index contributed by atoms with van der Waals surface area (Å²) < 4.78 is 5.41. The number of piperidine rings is 1. The van der Waals surface area contributed by atoms with Crippen LogP contribution < -0.4 is 0 Å². The fourth-order valence-corrected chi connectivity index (χ4v) is 2.54. The van der Waals surface area contributed by atoms with E-state index in [0.717, 1.165) is 12.8 Å². The van der Waals surface area contributed by atoms with Gasteiger partial charge in [0.15, 0.2) is 0 Å². The van der Waals surface area contributed by atoms with Crippen molar-refractivity contribution in [3.8, 4) is 0 Å². The molecule has 1 saturated heterocycles. The number of carbonyl (C=O) groups excluding carboxylic acids is 2. The van der Waals surface area contributed by atoms with Gasteiger partial charge in [-0.1, -0.05) is 6.92 Å². The lowest BCUT2D eigenvalue weighted by Crippen LogP contribution is -2.52. The second-order valence-corrected chi connectivity index (χ2v) is 6.26. The Morgan fingerprint density at radius 1 is 1.30 bits per heavy atom. The van der Waals surface area contributed by atoms with Crippen molar-refractivity contribution in [3.63, 3.8) is 0 Å². The Balaban J connectivity index is 2.66. The van der Waals surface area contributed by atoms with E-state index >= 15 is 0 Å². The van der Waals surface area contributed by atoms with E-state index in [-0.39, 0.29) is 18.0 Å². The average Bonchev–Trinajstić information content (AvgIpc) is 2.37. The molecule has 0 N–H and O–H groups in total. The van der Waals surface area contributed by atoms with E-state index in [9.17, 15) is 9.59 Å². The van der Waals surface area contributed by atoms with E-state index in [2.05, 4.69) is 0 Å². The Bertz CT molecular complexity index is 350. The molecule has 116 valence electrons. The maximum atomic E-state index is 12.1. The molecule has 0 aromatic rings. The number of nitrogens with zero attached hydrogens (tertiary/aromatic N) is 2. The van der Waals surface area contributed by atoms with Crippen molar-refractivity contribution in [1.29, 1.82) is 0 Å². The number of likely N-dealkylation sites (tertiary alicyclic amines) is 1. The summed E-state index contributed by atoms with van der Waals surface area (Å²) in [5.74, 6) is 0.156. The van der Waals surface area contributed by atoms with Crippen LogP contribution in [0.5, 0.6) is 0 Å². The summed E-state index contributed by atoms with van der Waals surface area (Å²) in [6.07, 6.45) is 2.11. The van der Waals surface area contributed by atoms with Crippen LogP contribution in [0.4, 0.5) is 4.79 Å². The number of carbonyl (C=O) groups is 2. The van der Waals surface area contributed by atoms with Gasteiger partial charge in [-0.05, 0) is 40.5 Å². The second-order valence-electron chi connectivity index (χ2n) is 6.26. The van der Waals surface area contributed by atoms with Gasteiger partial charge in [-0.2, -0.15) is 0 Å². The lowest BCUT2D eigenvalue weighted by atomic mass is 10.0. The molecule has 0 radical (unpaired) electrons. The molecular weight excluding hydrogens is 256 g/mol. The molecule has 1 atom stereocenters. The number of amides is 2. The molecule has 0 aromatic carbocycles. The molecule has 2 amide bonds. The predicted molar refractivity (Wildman–Crippen MR) is 78.5 cm³/mol. The Labute approximate surface area is 122 Å². The maximum Gasteiger partial charge on any atom is 0.410 e. The van der Waals surface area contributed by atoms with E-state index in [1.165, 1.54) is 0 Å². The summed E-state index contributed by atoms with van der Waals surface area (Å²) in [4.78, 5) is 27.7. The molecule has 1 aliphatic rings. The fraction of sp³-hybridized carbons (Fsp3) is 0.867. The molecule has 0 aromatic heterocycles. The summed E-state index contributed by atoms with van der Waals surface area (Å²) in [6.45, 7) is 11.4. The van der Waals surface area contributed by atoms with E-state index in [0.29, 0.717) is 26.1 Å². The predicted octanol–water partition coefficient (Wildman–Crippen LogP) is 2.64. The summed E-state index contributed by atoms with van der Waals surface area (Å²) >= 11 is 0. The molecule has 0 saturated carbocycles. The monoisotopic (exact) mass is 284 g/mol. The van der Waals surface area contributed by atoms with Crippen molar-refractivity contribution in [1.82, 2.24) is 9.80 Å². The second kappa shape index (κ2) is 6.95. The zero-order valence-corrected chi connectivity index (χ0v) is 13.4. The lowest BCUT2D eigenvalue weighted by Gasteiger charge is -2.39. The maximum absolute atomic E-state index is 12.1. The van der Waals surface area contributed by atoms with Crippen LogP contribution in [0.15, 0.2) is 0 Å². The topological polar surface area (TPSA) is 49.9 Å². The summed E-state index contributed by atoms with van der Waals surface area (Å²) in [5.41, 5.74) is -0.478. The molecule has 1 aliphatic heterocycles. The smallest absolute Gasteiger partial charge is 0.410 e. The Morgan fingerprint density at radius 2 is 1.95 bits per heavy atom. The van der Waals surface area contributed by atoms with Gasteiger partial charge in [0.25, 0.3) is 0 Å². The van der Waals surface area contributed by atoms with Gasteiger partial charge in [0, 0.05) is 32.1 Å². The summed E-state index contributed by atoms with van der Waals surface area (Å²) in [6, 6.07) is 0.119. The molecule has 1 rings (SSSR count). The molecule has 20 heavy (non-hydrogen) atoms. The molecular formula is C15H28N2O3. The Hall–Kier alpha value is -1.26.